The summed E-state index contributed by atoms with van der Waals surface area (Å²) in [6.07, 6.45) is 0. The summed E-state index contributed by atoms with van der Waals surface area (Å²) in [5.41, 5.74) is 4.26. The van der Waals surface area contributed by atoms with E-state index in [2.05, 4.69) is 9.98 Å². The SMILES string of the molecule is C/C(=N\c1cc(O)ccc1C)c1c2cccccc-2[nH]c1=O. The Labute approximate surface area is 128 Å². The van der Waals surface area contributed by atoms with Crippen molar-refractivity contribution in [3.63, 3.8) is 0 Å². The summed E-state index contributed by atoms with van der Waals surface area (Å²) >= 11 is 0. The first-order chi connectivity index (χ1) is 10.6. The third kappa shape index (κ3) is 2.51. The number of benzene rings is 1. The maximum Gasteiger partial charge on any atom is 0.258 e. The van der Waals surface area contributed by atoms with Gasteiger partial charge in [0.1, 0.15) is 5.75 Å². The minimum absolute atomic E-state index is 0.153. The third-order valence-corrected chi connectivity index (χ3v) is 3.63. The quantitative estimate of drug-likeness (QED) is 0.708. The molecule has 0 bridgehead atoms. The number of phenolic OH excluding ortho intramolecular Hbond substituents is 1. The van der Waals surface area contributed by atoms with Crippen LogP contribution in [0.5, 0.6) is 5.75 Å². The Morgan fingerprint density at radius 2 is 1.91 bits per heavy atom. The van der Waals surface area contributed by atoms with Crippen molar-refractivity contribution in [3.05, 3.63) is 70.0 Å². The molecule has 0 amide bonds. The molecule has 1 heterocycles. The van der Waals surface area contributed by atoms with Gasteiger partial charge in [-0.15, -0.1) is 0 Å². The van der Waals surface area contributed by atoms with Crippen LogP contribution in [0.15, 0.2) is 58.3 Å². The Morgan fingerprint density at radius 1 is 1.14 bits per heavy atom. The minimum Gasteiger partial charge on any atom is -0.508 e. The number of fused-ring (bicyclic) bond motifs is 1. The molecule has 3 rings (SSSR count). The maximum absolute atomic E-state index is 12.2. The zero-order chi connectivity index (χ0) is 15.7. The van der Waals surface area contributed by atoms with Crippen molar-refractivity contribution in [2.24, 2.45) is 4.99 Å². The molecular formula is C18H16N2O2. The molecule has 0 unspecified atom stereocenters. The third-order valence-electron chi connectivity index (χ3n) is 3.63. The average Bonchev–Trinajstić information content (AvgIpc) is 2.64. The molecule has 110 valence electrons. The molecule has 0 fully saturated rings. The van der Waals surface area contributed by atoms with Crippen molar-refractivity contribution in [1.29, 1.82) is 0 Å². The van der Waals surface area contributed by atoms with Gasteiger partial charge in [0, 0.05) is 17.3 Å². The van der Waals surface area contributed by atoms with Crippen molar-refractivity contribution < 1.29 is 5.11 Å². The van der Waals surface area contributed by atoms with Gasteiger partial charge in [0.15, 0.2) is 0 Å². The normalized spacial score (nSPS) is 11.8. The van der Waals surface area contributed by atoms with Crippen LogP contribution in [0, 0.1) is 6.92 Å². The molecule has 0 aromatic heterocycles. The molecule has 1 aliphatic heterocycles. The van der Waals surface area contributed by atoms with Gasteiger partial charge in [-0.3, -0.25) is 9.79 Å². The van der Waals surface area contributed by atoms with Crippen LogP contribution in [0.1, 0.15) is 18.1 Å². The second-order valence-corrected chi connectivity index (χ2v) is 5.24. The van der Waals surface area contributed by atoms with Gasteiger partial charge in [-0.25, -0.2) is 0 Å². The predicted octanol–water partition coefficient (Wildman–Crippen LogP) is 3.63. The molecule has 2 aliphatic rings. The van der Waals surface area contributed by atoms with E-state index in [1.165, 1.54) is 0 Å². The Hall–Kier alpha value is -2.88. The molecule has 0 radical (unpaired) electrons. The highest BCUT2D eigenvalue weighted by Crippen LogP contribution is 2.26. The van der Waals surface area contributed by atoms with Crippen LogP contribution in [0.2, 0.25) is 0 Å². The molecule has 2 N–H and O–H groups in total. The summed E-state index contributed by atoms with van der Waals surface area (Å²) in [6.45, 7) is 3.72. The number of aromatic amines is 1. The van der Waals surface area contributed by atoms with E-state index in [-0.39, 0.29) is 11.3 Å². The largest absolute Gasteiger partial charge is 0.508 e. The number of nitrogens with one attached hydrogen (secondary N) is 1. The number of phenols is 1. The fourth-order valence-corrected chi connectivity index (χ4v) is 2.50. The van der Waals surface area contributed by atoms with E-state index in [1.54, 1.807) is 25.1 Å². The second-order valence-electron chi connectivity index (χ2n) is 5.24. The van der Waals surface area contributed by atoms with Crippen molar-refractivity contribution >= 4 is 11.4 Å². The Kier molecular flexibility index (Phi) is 3.51. The van der Waals surface area contributed by atoms with Crippen molar-refractivity contribution in [2.45, 2.75) is 13.8 Å². The maximum atomic E-state index is 12.2. The lowest BCUT2D eigenvalue weighted by Crippen LogP contribution is -2.10. The van der Waals surface area contributed by atoms with E-state index >= 15 is 0 Å². The number of hydrogen-bond acceptors (Lipinski definition) is 3. The summed E-state index contributed by atoms with van der Waals surface area (Å²) in [5, 5.41) is 9.60. The van der Waals surface area contributed by atoms with Gasteiger partial charge in [-0.2, -0.15) is 0 Å². The van der Waals surface area contributed by atoms with Crippen molar-refractivity contribution in [1.82, 2.24) is 4.98 Å². The van der Waals surface area contributed by atoms with Gasteiger partial charge in [-0.1, -0.05) is 30.3 Å². The summed E-state index contributed by atoms with van der Waals surface area (Å²) in [7, 11) is 0. The zero-order valence-electron chi connectivity index (χ0n) is 12.4. The lowest BCUT2D eigenvalue weighted by atomic mass is 10.1. The molecule has 22 heavy (non-hydrogen) atoms. The number of aromatic hydroxyl groups is 1. The van der Waals surface area contributed by atoms with Gasteiger partial charge in [0.2, 0.25) is 0 Å². The summed E-state index contributed by atoms with van der Waals surface area (Å²) in [4.78, 5) is 19.6. The highest BCUT2D eigenvalue weighted by atomic mass is 16.3. The molecular weight excluding hydrogens is 276 g/mol. The minimum atomic E-state index is -0.153. The van der Waals surface area contributed by atoms with Crippen molar-refractivity contribution in [3.8, 4) is 17.0 Å². The molecule has 1 aromatic rings. The van der Waals surface area contributed by atoms with Crippen molar-refractivity contribution in [2.75, 3.05) is 0 Å². The van der Waals surface area contributed by atoms with Crippen LogP contribution in [0.3, 0.4) is 0 Å². The van der Waals surface area contributed by atoms with E-state index in [9.17, 15) is 9.90 Å². The van der Waals surface area contributed by atoms with Gasteiger partial charge in [0.25, 0.3) is 5.56 Å². The number of aliphatic imine (C=N–C) groups is 1. The molecule has 0 saturated heterocycles. The molecule has 4 heteroatoms. The molecule has 0 atom stereocenters. The van der Waals surface area contributed by atoms with Crippen LogP contribution in [0.4, 0.5) is 5.69 Å². The Morgan fingerprint density at radius 3 is 2.73 bits per heavy atom. The Balaban J connectivity index is 2.16. The fraction of sp³-hybridized carbons (Fsp3) is 0.111. The van der Waals surface area contributed by atoms with Gasteiger partial charge < -0.3 is 10.1 Å². The number of aryl methyl sites for hydroxylation is 1. The van der Waals surface area contributed by atoms with Crippen LogP contribution in [-0.4, -0.2) is 15.8 Å². The first-order valence-corrected chi connectivity index (χ1v) is 7.02. The molecule has 1 aromatic carbocycles. The number of rotatable bonds is 2. The molecule has 1 aliphatic carbocycles. The highest BCUT2D eigenvalue weighted by molar-refractivity contribution is 6.05. The zero-order valence-corrected chi connectivity index (χ0v) is 12.4. The van der Waals surface area contributed by atoms with Crippen LogP contribution < -0.4 is 5.56 Å². The van der Waals surface area contributed by atoms with Gasteiger partial charge in [-0.05, 0) is 31.5 Å². The summed E-state index contributed by atoms with van der Waals surface area (Å²) in [6, 6.07) is 14.5. The highest BCUT2D eigenvalue weighted by Gasteiger charge is 2.16. The standard InChI is InChI=1S/C18H16N2O2/c1-11-8-9-13(21)10-16(11)19-12(2)17-14-6-4-3-5-7-15(14)20-18(17)22/h3-10,21H,1-2H3,(H,20,22)/b19-12+. The van der Waals surface area contributed by atoms with E-state index in [0.717, 1.165) is 16.8 Å². The number of hydrogen-bond donors (Lipinski definition) is 2. The molecule has 0 spiro atoms. The Bertz CT molecular complexity index is 894. The number of nitrogens with zero attached hydrogens (tertiary/aromatic N) is 1. The van der Waals surface area contributed by atoms with Crippen LogP contribution >= 0.6 is 0 Å². The lowest BCUT2D eigenvalue weighted by molar-refractivity contribution is 0.475. The first-order valence-electron chi connectivity index (χ1n) is 7.02. The van der Waals surface area contributed by atoms with Crippen LogP contribution in [0.25, 0.3) is 11.3 Å². The first kappa shape index (κ1) is 14.1. The van der Waals surface area contributed by atoms with E-state index in [0.29, 0.717) is 17.0 Å². The van der Waals surface area contributed by atoms with Gasteiger partial charge >= 0.3 is 0 Å². The summed E-state index contributed by atoms with van der Waals surface area (Å²) in [5.74, 6) is 0.157. The predicted molar refractivity (Wildman–Crippen MR) is 88.4 cm³/mol. The average molecular weight is 292 g/mol. The van der Waals surface area contributed by atoms with E-state index in [4.69, 9.17) is 0 Å². The van der Waals surface area contributed by atoms with E-state index in [1.807, 2.05) is 37.3 Å². The van der Waals surface area contributed by atoms with Gasteiger partial charge in [0.05, 0.1) is 17.0 Å². The smallest absolute Gasteiger partial charge is 0.258 e. The lowest BCUT2D eigenvalue weighted by Gasteiger charge is -2.04. The summed E-state index contributed by atoms with van der Waals surface area (Å²) < 4.78 is 0. The van der Waals surface area contributed by atoms with E-state index < -0.39 is 0 Å². The molecule has 0 saturated carbocycles. The van der Waals surface area contributed by atoms with Crippen LogP contribution in [-0.2, 0) is 0 Å². The number of aromatic nitrogens is 1. The monoisotopic (exact) mass is 292 g/mol. The second kappa shape index (κ2) is 5.48. The topological polar surface area (TPSA) is 65.5 Å². The number of H-pyrrole nitrogens is 1. The fourth-order valence-electron chi connectivity index (χ4n) is 2.50. The molecule has 4 nitrogen and oxygen atoms in total.